The van der Waals surface area contributed by atoms with Crippen molar-refractivity contribution < 1.29 is 4.79 Å². The van der Waals surface area contributed by atoms with Crippen LogP contribution in [0.25, 0.3) is 17.3 Å². The first-order valence-electron chi connectivity index (χ1n) is 10.9. The van der Waals surface area contributed by atoms with E-state index in [0.29, 0.717) is 23.9 Å². The zero-order chi connectivity index (χ0) is 23.4. The van der Waals surface area contributed by atoms with Crippen LogP contribution in [0, 0.1) is 6.92 Å². The Kier molecular flexibility index (Phi) is 6.49. The van der Waals surface area contributed by atoms with Crippen LogP contribution in [0.1, 0.15) is 46.6 Å². The Morgan fingerprint density at radius 3 is 2.82 bits per heavy atom. The molecule has 0 spiro atoms. The zero-order valence-electron chi connectivity index (χ0n) is 19.2. The standard InChI is InChI=1S/C26H28N6O/c1-5-6-8-13-20-14-21(23(30-17(20)2)19-11-9-7-10-12-19)18(3)31-25-22-24(27-15-28-25)29-16-32(4)26(22)33/h5,7-15,18H,1,6,16H2,2-4H3,(H2,27,28,29,31)/b13-8-. The predicted octanol–water partition coefficient (Wildman–Crippen LogP) is 5.06. The van der Waals surface area contributed by atoms with Crippen molar-refractivity contribution in [2.75, 3.05) is 24.3 Å². The van der Waals surface area contributed by atoms with Crippen molar-refractivity contribution in [2.45, 2.75) is 26.3 Å². The quantitative estimate of drug-likeness (QED) is 0.500. The Morgan fingerprint density at radius 2 is 2.06 bits per heavy atom. The molecular weight excluding hydrogens is 412 g/mol. The first-order chi connectivity index (χ1) is 16.0. The van der Waals surface area contributed by atoms with Crippen molar-refractivity contribution >= 4 is 23.6 Å². The first kappa shape index (κ1) is 22.2. The Hall–Kier alpha value is -4.00. The predicted molar refractivity (Wildman–Crippen MR) is 133 cm³/mol. The number of amides is 1. The molecule has 0 radical (unpaired) electrons. The molecule has 4 rings (SSSR count). The maximum Gasteiger partial charge on any atom is 0.262 e. The van der Waals surface area contributed by atoms with Gasteiger partial charge in [-0.2, -0.15) is 0 Å². The highest BCUT2D eigenvalue weighted by Crippen LogP contribution is 2.33. The number of hydrogen-bond donors (Lipinski definition) is 2. The maximum atomic E-state index is 12.8. The number of carbonyl (C=O) groups is 1. The van der Waals surface area contributed by atoms with Crippen LogP contribution < -0.4 is 10.6 Å². The van der Waals surface area contributed by atoms with Crippen LogP contribution in [0.3, 0.4) is 0 Å². The largest absolute Gasteiger partial charge is 0.363 e. The summed E-state index contributed by atoms with van der Waals surface area (Å²) in [5, 5.41) is 6.61. The monoisotopic (exact) mass is 440 g/mol. The second kappa shape index (κ2) is 9.65. The lowest BCUT2D eigenvalue weighted by Gasteiger charge is -2.28. The van der Waals surface area contributed by atoms with Crippen molar-refractivity contribution in [3.05, 3.63) is 83.8 Å². The van der Waals surface area contributed by atoms with Gasteiger partial charge in [0, 0.05) is 23.9 Å². The molecule has 33 heavy (non-hydrogen) atoms. The number of rotatable bonds is 7. The van der Waals surface area contributed by atoms with Crippen molar-refractivity contribution in [1.29, 1.82) is 0 Å². The van der Waals surface area contributed by atoms with E-state index < -0.39 is 0 Å². The van der Waals surface area contributed by atoms with Gasteiger partial charge in [-0.05, 0) is 31.9 Å². The average Bonchev–Trinajstić information content (AvgIpc) is 2.83. The van der Waals surface area contributed by atoms with Crippen molar-refractivity contribution in [1.82, 2.24) is 19.9 Å². The molecule has 0 saturated carbocycles. The number of benzene rings is 1. The minimum atomic E-state index is -0.168. The number of aryl methyl sites for hydroxylation is 1. The average molecular weight is 441 g/mol. The van der Waals surface area contributed by atoms with Crippen LogP contribution in [0.2, 0.25) is 0 Å². The summed E-state index contributed by atoms with van der Waals surface area (Å²) in [7, 11) is 1.75. The van der Waals surface area contributed by atoms with Gasteiger partial charge in [-0.15, -0.1) is 6.58 Å². The molecule has 2 aromatic heterocycles. The molecule has 1 aliphatic rings. The number of nitrogens with zero attached hydrogens (tertiary/aromatic N) is 4. The lowest BCUT2D eigenvalue weighted by Crippen LogP contribution is -2.38. The molecule has 3 aromatic rings. The Bertz CT molecular complexity index is 1200. The van der Waals surface area contributed by atoms with E-state index in [1.165, 1.54) is 6.33 Å². The van der Waals surface area contributed by atoms with E-state index in [9.17, 15) is 4.79 Å². The highest BCUT2D eigenvalue weighted by molar-refractivity contribution is 6.04. The summed E-state index contributed by atoms with van der Waals surface area (Å²) in [6.45, 7) is 8.26. The second-order valence-electron chi connectivity index (χ2n) is 8.04. The molecule has 1 unspecified atom stereocenters. The molecule has 1 atom stereocenters. The smallest absolute Gasteiger partial charge is 0.262 e. The van der Waals surface area contributed by atoms with E-state index in [0.717, 1.165) is 34.5 Å². The van der Waals surface area contributed by atoms with Crippen molar-refractivity contribution in [2.24, 2.45) is 0 Å². The molecule has 7 nitrogen and oxygen atoms in total. The summed E-state index contributed by atoms with van der Waals surface area (Å²) < 4.78 is 0. The van der Waals surface area contributed by atoms with Crippen LogP contribution in [0.5, 0.6) is 0 Å². The number of carbonyl (C=O) groups excluding carboxylic acids is 1. The molecule has 1 amide bonds. The third kappa shape index (κ3) is 4.62. The second-order valence-corrected chi connectivity index (χ2v) is 8.04. The van der Waals surface area contributed by atoms with Crippen LogP contribution in [0.15, 0.2) is 61.5 Å². The number of pyridine rings is 1. The Balaban J connectivity index is 1.77. The molecule has 0 aliphatic carbocycles. The fourth-order valence-corrected chi connectivity index (χ4v) is 3.82. The number of nitrogens with one attached hydrogen (secondary N) is 2. The molecule has 168 valence electrons. The van der Waals surface area contributed by atoms with Crippen LogP contribution in [-0.4, -0.2) is 39.5 Å². The normalized spacial score (nSPS) is 14.0. The molecular formula is C26H28N6O. The van der Waals surface area contributed by atoms with E-state index in [1.54, 1.807) is 11.9 Å². The molecule has 7 heteroatoms. The van der Waals surface area contributed by atoms with E-state index in [2.05, 4.69) is 64.5 Å². The lowest BCUT2D eigenvalue weighted by molar-refractivity contribution is 0.0796. The third-order valence-corrected chi connectivity index (χ3v) is 5.64. The van der Waals surface area contributed by atoms with Gasteiger partial charge in [0.2, 0.25) is 0 Å². The topological polar surface area (TPSA) is 83.0 Å². The number of allylic oxidation sites excluding steroid dienone is 2. The Labute approximate surface area is 194 Å². The molecule has 0 fully saturated rings. The highest BCUT2D eigenvalue weighted by Gasteiger charge is 2.28. The van der Waals surface area contributed by atoms with Gasteiger partial charge in [0.05, 0.1) is 18.4 Å². The molecule has 2 N–H and O–H groups in total. The Morgan fingerprint density at radius 1 is 1.27 bits per heavy atom. The minimum absolute atomic E-state index is 0.114. The number of anilines is 2. The minimum Gasteiger partial charge on any atom is -0.363 e. The number of fused-ring (bicyclic) bond motifs is 1. The highest BCUT2D eigenvalue weighted by atomic mass is 16.2. The summed E-state index contributed by atoms with van der Waals surface area (Å²) in [6, 6.07) is 12.1. The lowest BCUT2D eigenvalue weighted by atomic mass is 9.97. The molecule has 1 aromatic carbocycles. The van der Waals surface area contributed by atoms with E-state index in [1.807, 2.05) is 31.2 Å². The van der Waals surface area contributed by atoms with E-state index in [4.69, 9.17) is 4.98 Å². The summed E-state index contributed by atoms with van der Waals surface area (Å²) in [5.74, 6) is 0.929. The summed E-state index contributed by atoms with van der Waals surface area (Å²) >= 11 is 0. The summed E-state index contributed by atoms with van der Waals surface area (Å²) in [6.07, 6.45) is 8.27. The van der Waals surface area contributed by atoms with Gasteiger partial charge in [-0.1, -0.05) is 48.6 Å². The molecule has 3 heterocycles. The van der Waals surface area contributed by atoms with Gasteiger partial charge < -0.3 is 15.5 Å². The number of aromatic nitrogens is 3. The van der Waals surface area contributed by atoms with Crippen LogP contribution in [-0.2, 0) is 0 Å². The van der Waals surface area contributed by atoms with Gasteiger partial charge in [0.15, 0.2) is 0 Å². The van der Waals surface area contributed by atoms with Crippen LogP contribution >= 0.6 is 0 Å². The van der Waals surface area contributed by atoms with Gasteiger partial charge in [-0.25, -0.2) is 9.97 Å². The summed E-state index contributed by atoms with van der Waals surface area (Å²) in [5.41, 5.74) is 5.40. The first-order valence-corrected chi connectivity index (χ1v) is 10.9. The van der Waals surface area contributed by atoms with Crippen molar-refractivity contribution in [3.8, 4) is 11.3 Å². The van der Waals surface area contributed by atoms with Gasteiger partial charge in [0.1, 0.15) is 23.5 Å². The number of hydrogen-bond acceptors (Lipinski definition) is 6. The molecule has 0 bridgehead atoms. The molecule has 1 aliphatic heterocycles. The van der Waals surface area contributed by atoms with Gasteiger partial charge in [-0.3, -0.25) is 9.78 Å². The van der Waals surface area contributed by atoms with E-state index in [-0.39, 0.29) is 11.9 Å². The molecule has 0 saturated heterocycles. The fourth-order valence-electron chi connectivity index (χ4n) is 3.82. The van der Waals surface area contributed by atoms with Crippen LogP contribution in [0.4, 0.5) is 11.6 Å². The zero-order valence-corrected chi connectivity index (χ0v) is 19.2. The maximum absolute atomic E-state index is 12.8. The summed E-state index contributed by atoms with van der Waals surface area (Å²) in [4.78, 5) is 28.0. The fraction of sp³-hybridized carbons (Fsp3) is 0.231. The SMILES string of the molecule is C=CC/C=C\c1cc(C(C)Nc2ncnc3c2C(=O)N(C)CN3)c(-c2ccccc2)nc1C. The van der Waals surface area contributed by atoms with Crippen molar-refractivity contribution in [3.63, 3.8) is 0 Å². The van der Waals surface area contributed by atoms with E-state index >= 15 is 0 Å². The van der Waals surface area contributed by atoms with Gasteiger partial charge >= 0.3 is 0 Å². The van der Waals surface area contributed by atoms with Gasteiger partial charge in [0.25, 0.3) is 5.91 Å². The third-order valence-electron chi connectivity index (χ3n) is 5.64.